The third-order valence-corrected chi connectivity index (χ3v) is 8.63. The van der Waals surface area contributed by atoms with Crippen molar-refractivity contribution in [3.8, 4) is 17.3 Å². The quantitative estimate of drug-likeness (QED) is 0.294. The SMILES string of the molecule is COc1ccc(CN2C3CC2CN(c2ccc(-c4nc(Nc5cc(C6CC6)[nH]n5)c5ccn(C)c5n4)cn2)C3)cn1. The largest absolute Gasteiger partial charge is 0.481 e. The monoisotopic (exact) mass is 548 g/mol. The highest BCUT2D eigenvalue weighted by Gasteiger charge is 2.44. The van der Waals surface area contributed by atoms with Crippen molar-refractivity contribution in [2.45, 2.75) is 43.8 Å². The van der Waals surface area contributed by atoms with Crippen molar-refractivity contribution < 1.29 is 4.74 Å². The number of hydrogen-bond acceptors (Lipinski definition) is 9. The molecule has 2 N–H and O–H groups in total. The minimum absolute atomic E-state index is 0.525. The molecule has 0 amide bonds. The van der Waals surface area contributed by atoms with Gasteiger partial charge < -0.3 is 19.5 Å². The van der Waals surface area contributed by atoms with Crippen molar-refractivity contribution in [2.75, 3.05) is 30.4 Å². The van der Waals surface area contributed by atoms with E-state index in [0.29, 0.717) is 29.7 Å². The Morgan fingerprint density at radius 1 is 1.02 bits per heavy atom. The number of hydrogen-bond donors (Lipinski definition) is 2. The summed E-state index contributed by atoms with van der Waals surface area (Å²) in [5, 5.41) is 12.0. The van der Waals surface area contributed by atoms with E-state index < -0.39 is 0 Å². The summed E-state index contributed by atoms with van der Waals surface area (Å²) in [5.74, 6) is 4.42. The highest BCUT2D eigenvalue weighted by atomic mass is 16.5. The van der Waals surface area contributed by atoms with E-state index in [9.17, 15) is 0 Å². The minimum atomic E-state index is 0.525. The number of aromatic amines is 1. The summed E-state index contributed by atoms with van der Waals surface area (Å²) in [6, 6.07) is 13.4. The molecule has 3 aliphatic heterocycles. The number of aromatic nitrogens is 7. The second-order valence-electron chi connectivity index (χ2n) is 11.4. The number of piperidine rings is 1. The first kappa shape index (κ1) is 24.3. The number of pyridine rings is 2. The molecule has 11 heteroatoms. The smallest absolute Gasteiger partial charge is 0.212 e. The molecule has 0 spiro atoms. The van der Waals surface area contributed by atoms with Gasteiger partial charge in [-0.15, -0.1) is 0 Å². The van der Waals surface area contributed by atoms with Crippen LogP contribution in [0.1, 0.15) is 36.4 Å². The summed E-state index contributed by atoms with van der Waals surface area (Å²) in [7, 11) is 3.65. The van der Waals surface area contributed by atoms with E-state index in [2.05, 4.69) is 54.6 Å². The standard InChI is InChI=1S/C30H32N10O/c1-38-10-9-23-29(33-25-12-24(36-37-25)19-4-5-19)34-28(35-30(23)38)20-6-7-26(31-14-20)39-16-21-11-22(17-39)40(21)15-18-3-8-27(41-2)32-13-18/h3,6-10,12-14,19,21-22H,4-5,11,15-17H2,1-2H3,(H2,33,34,35,36,37). The first-order chi connectivity index (χ1) is 20.1. The second kappa shape index (κ2) is 9.55. The Kier molecular flexibility index (Phi) is 5.66. The van der Waals surface area contributed by atoms with Crippen LogP contribution in [-0.4, -0.2) is 71.9 Å². The van der Waals surface area contributed by atoms with Crippen LogP contribution in [0.25, 0.3) is 22.4 Å². The van der Waals surface area contributed by atoms with Crippen LogP contribution in [0.3, 0.4) is 0 Å². The van der Waals surface area contributed by atoms with Gasteiger partial charge in [0.1, 0.15) is 17.3 Å². The van der Waals surface area contributed by atoms with Crippen LogP contribution < -0.4 is 15.0 Å². The molecule has 4 fully saturated rings. The lowest BCUT2D eigenvalue weighted by Gasteiger charge is -2.56. The van der Waals surface area contributed by atoms with Crippen molar-refractivity contribution in [3.63, 3.8) is 0 Å². The Balaban J connectivity index is 0.989. The lowest BCUT2D eigenvalue weighted by molar-refractivity contribution is -0.00876. The van der Waals surface area contributed by atoms with Gasteiger partial charge in [0.05, 0.1) is 12.5 Å². The summed E-state index contributed by atoms with van der Waals surface area (Å²) in [4.78, 5) is 24.0. The third kappa shape index (κ3) is 4.46. The molecular weight excluding hydrogens is 516 g/mol. The number of aryl methyl sites for hydroxylation is 1. The number of piperazine rings is 1. The molecule has 2 atom stereocenters. The maximum Gasteiger partial charge on any atom is 0.212 e. The van der Waals surface area contributed by atoms with Crippen LogP contribution >= 0.6 is 0 Å². The molecule has 3 saturated heterocycles. The van der Waals surface area contributed by atoms with E-state index in [1.807, 2.05) is 42.3 Å². The zero-order chi connectivity index (χ0) is 27.5. The Morgan fingerprint density at radius 2 is 1.90 bits per heavy atom. The fourth-order valence-electron chi connectivity index (χ4n) is 6.16. The molecule has 4 aliphatic rings. The molecule has 5 aromatic heterocycles. The highest BCUT2D eigenvalue weighted by Crippen LogP contribution is 2.40. The van der Waals surface area contributed by atoms with Crippen molar-refractivity contribution in [1.29, 1.82) is 0 Å². The van der Waals surface area contributed by atoms with Gasteiger partial charge in [-0.3, -0.25) is 10.00 Å². The minimum Gasteiger partial charge on any atom is -0.481 e. The normalized spacial score (nSPS) is 20.3. The number of nitrogens with zero attached hydrogens (tertiary/aromatic N) is 8. The van der Waals surface area contributed by atoms with E-state index in [0.717, 1.165) is 53.7 Å². The molecule has 2 unspecified atom stereocenters. The van der Waals surface area contributed by atoms with Crippen LogP contribution in [0.4, 0.5) is 17.5 Å². The average Bonchev–Trinajstić information content (AvgIpc) is 3.65. The van der Waals surface area contributed by atoms with E-state index in [4.69, 9.17) is 19.7 Å². The number of H-pyrrole nitrogens is 1. The van der Waals surface area contributed by atoms with Gasteiger partial charge in [0.15, 0.2) is 11.6 Å². The van der Waals surface area contributed by atoms with Gasteiger partial charge in [-0.2, -0.15) is 5.10 Å². The molecule has 1 saturated carbocycles. The molecule has 41 heavy (non-hydrogen) atoms. The van der Waals surface area contributed by atoms with Crippen LogP contribution in [0.15, 0.2) is 55.0 Å². The van der Waals surface area contributed by atoms with Crippen LogP contribution in [0, 0.1) is 0 Å². The van der Waals surface area contributed by atoms with Gasteiger partial charge in [-0.1, -0.05) is 6.07 Å². The van der Waals surface area contributed by atoms with Crippen LogP contribution in [-0.2, 0) is 13.6 Å². The third-order valence-electron chi connectivity index (χ3n) is 8.63. The fraction of sp³-hybridized carbons (Fsp3) is 0.367. The van der Waals surface area contributed by atoms with Crippen molar-refractivity contribution >= 4 is 28.5 Å². The summed E-state index contributed by atoms with van der Waals surface area (Å²) in [6.07, 6.45) is 9.50. The van der Waals surface area contributed by atoms with Gasteiger partial charge in [0.2, 0.25) is 5.88 Å². The zero-order valence-electron chi connectivity index (χ0n) is 23.2. The zero-order valence-corrected chi connectivity index (χ0v) is 23.2. The summed E-state index contributed by atoms with van der Waals surface area (Å²) < 4.78 is 7.21. The van der Waals surface area contributed by atoms with Gasteiger partial charge in [0.25, 0.3) is 0 Å². The van der Waals surface area contributed by atoms with E-state index >= 15 is 0 Å². The van der Waals surface area contributed by atoms with E-state index in [1.165, 1.54) is 30.5 Å². The Bertz CT molecular complexity index is 1690. The van der Waals surface area contributed by atoms with Crippen molar-refractivity contribution in [2.24, 2.45) is 7.05 Å². The molecular formula is C30H32N10O. The molecule has 9 rings (SSSR count). The average molecular weight is 549 g/mol. The number of ether oxygens (including phenoxy) is 1. The Morgan fingerprint density at radius 3 is 2.63 bits per heavy atom. The first-order valence-corrected chi connectivity index (χ1v) is 14.2. The lowest BCUT2D eigenvalue weighted by atomic mass is 9.87. The molecule has 2 bridgehead atoms. The summed E-state index contributed by atoms with van der Waals surface area (Å²) >= 11 is 0. The molecule has 0 aromatic carbocycles. The van der Waals surface area contributed by atoms with Crippen LogP contribution in [0.5, 0.6) is 5.88 Å². The Hall–Kier alpha value is -4.51. The van der Waals surface area contributed by atoms with Gasteiger partial charge >= 0.3 is 0 Å². The van der Waals surface area contributed by atoms with Gasteiger partial charge in [-0.05, 0) is 43.0 Å². The molecule has 11 nitrogen and oxygen atoms in total. The maximum atomic E-state index is 5.19. The second-order valence-corrected chi connectivity index (χ2v) is 11.4. The number of rotatable bonds is 8. The van der Waals surface area contributed by atoms with Crippen LogP contribution in [0.2, 0.25) is 0 Å². The topological polar surface area (TPSA) is 113 Å². The first-order valence-electron chi connectivity index (χ1n) is 14.2. The van der Waals surface area contributed by atoms with Crippen molar-refractivity contribution in [3.05, 3.63) is 66.2 Å². The summed E-state index contributed by atoms with van der Waals surface area (Å²) in [5.41, 5.74) is 4.15. The predicted octanol–water partition coefficient (Wildman–Crippen LogP) is 4.24. The fourth-order valence-corrected chi connectivity index (χ4v) is 6.16. The highest BCUT2D eigenvalue weighted by molar-refractivity contribution is 5.90. The molecule has 1 aliphatic carbocycles. The lowest BCUT2D eigenvalue weighted by Crippen LogP contribution is -2.68. The molecule has 0 radical (unpaired) electrons. The predicted molar refractivity (Wildman–Crippen MR) is 156 cm³/mol. The number of nitrogens with one attached hydrogen (secondary N) is 2. The summed E-state index contributed by atoms with van der Waals surface area (Å²) in [6.45, 7) is 2.86. The van der Waals surface area contributed by atoms with E-state index in [-0.39, 0.29) is 0 Å². The Labute approximate surface area is 237 Å². The van der Waals surface area contributed by atoms with Gasteiger partial charge in [-0.25, -0.2) is 19.9 Å². The number of methoxy groups -OCH3 is 1. The van der Waals surface area contributed by atoms with E-state index in [1.54, 1.807) is 7.11 Å². The number of fused-ring (bicyclic) bond motifs is 3. The molecule has 8 heterocycles. The van der Waals surface area contributed by atoms with Crippen molar-refractivity contribution in [1.82, 2.24) is 39.6 Å². The molecule has 5 aromatic rings. The molecule has 208 valence electrons. The number of anilines is 3. The van der Waals surface area contributed by atoms with Gasteiger partial charge in [0, 0.05) is 86.7 Å². The maximum absolute atomic E-state index is 5.19.